The number of benzene rings is 2. The Morgan fingerprint density at radius 2 is 1.63 bits per heavy atom. The molecule has 2 amide bonds. The van der Waals surface area contributed by atoms with Crippen molar-refractivity contribution in [2.45, 2.75) is 6.54 Å². The highest BCUT2D eigenvalue weighted by Gasteiger charge is 2.11. The second-order valence-electron chi connectivity index (χ2n) is 6.37. The van der Waals surface area contributed by atoms with Crippen molar-refractivity contribution in [2.75, 3.05) is 25.3 Å². The van der Waals surface area contributed by atoms with Crippen molar-refractivity contribution in [1.29, 1.82) is 0 Å². The largest absolute Gasteiger partial charge is 0.493 e. The molecule has 0 atom stereocenters. The molecule has 8 nitrogen and oxygen atoms in total. The van der Waals surface area contributed by atoms with E-state index >= 15 is 0 Å². The summed E-state index contributed by atoms with van der Waals surface area (Å²) in [5, 5.41) is 5.58. The van der Waals surface area contributed by atoms with E-state index < -0.39 is 0 Å². The van der Waals surface area contributed by atoms with Gasteiger partial charge in [-0.05, 0) is 42.0 Å². The van der Waals surface area contributed by atoms with Gasteiger partial charge >= 0.3 is 0 Å². The highest BCUT2D eigenvalue weighted by Crippen LogP contribution is 2.27. The molecule has 0 saturated carbocycles. The van der Waals surface area contributed by atoms with E-state index in [2.05, 4.69) is 15.6 Å². The Hall–Kier alpha value is -4.07. The van der Waals surface area contributed by atoms with Gasteiger partial charge in [0.2, 0.25) is 0 Å². The van der Waals surface area contributed by atoms with Crippen LogP contribution < -0.4 is 25.8 Å². The number of nitrogens with zero attached hydrogens (tertiary/aromatic N) is 1. The molecule has 0 unspecified atom stereocenters. The fraction of sp³-hybridized carbons (Fsp3) is 0.136. The van der Waals surface area contributed by atoms with Crippen molar-refractivity contribution >= 4 is 23.2 Å². The number of rotatable bonds is 7. The van der Waals surface area contributed by atoms with Crippen molar-refractivity contribution in [1.82, 2.24) is 10.3 Å². The number of anilines is 2. The van der Waals surface area contributed by atoms with Gasteiger partial charge in [-0.3, -0.25) is 14.6 Å². The van der Waals surface area contributed by atoms with Crippen LogP contribution in [0.5, 0.6) is 11.5 Å². The number of nitrogens with two attached hydrogens (primary N) is 1. The van der Waals surface area contributed by atoms with Crippen molar-refractivity contribution < 1.29 is 19.1 Å². The number of nitrogens with one attached hydrogen (secondary N) is 2. The van der Waals surface area contributed by atoms with Crippen LogP contribution in [0.1, 0.15) is 26.3 Å². The summed E-state index contributed by atoms with van der Waals surface area (Å²) in [4.78, 5) is 28.7. The van der Waals surface area contributed by atoms with Gasteiger partial charge < -0.3 is 25.8 Å². The maximum absolute atomic E-state index is 12.4. The molecule has 0 aliphatic rings. The first-order valence-electron chi connectivity index (χ1n) is 9.12. The number of methoxy groups -OCH3 is 2. The molecule has 3 rings (SSSR count). The van der Waals surface area contributed by atoms with Gasteiger partial charge in [0.15, 0.2) is 11.5 Å². The molecule has 154 valence electrons. The van der Waals surface area contributed by atoms with Gasteiger partial charge in [0.1, 0.15) is 0 Å². The third kappa shape index (κ3) is 4.85. The predicted octanol–water partition coefficient (Wildman–Crippen LogP) is 2.86. The zero-order valence-electron chi connectivity index (χ0n) is 16.6. The van der Waals surface area contributed by atoms with Gasteiger partial charge in [0.25, 0.3) is 11.8 Å². The highest BCUT2D eigenvalue weighted by atomic mass is 16.5. The molecule has 0 bridgehead atoms. The van der Waals surface area contributed by atoms with Gasteiger partial charge in [0.05, 0.1) is 31.8 Å². The van der Waals surface area contributed by atoms with Crippen molar-refractivity contribution in [2.24, 2.45) is 0 Å². The summed E-state index contributed by atoms with van der Waals surface area (Å²) < 4.78 is 10.4. The van der Waals surface area contributed by atoms with Gasteiger partial charge in [-0.25, -0.2) is 0 Å². The fourth-order valence-electron chi connectivity index (χ4n) is 2.75. The number of pyridine rings is 1. The van der Waals surface area contributed by atoms with Crippen LogP contribution in [0.3, 0.4) is 0 Å². The topological polar surface area (TPSA) is 116 Å². The maximum atomic E-state index is 12.4. The van der Waals surface area contributed by atoms with Crippen LogP contribution in [0.15, 0.2) is 60.9 Å². The minimum atomic E-state index is -0.284. The Bertz CT molecular complexity index is 1050. The number of ether oxygens (including phenoxy) is 2. The molecule has 0 aliphatic heterocycles. The number of carbonyl (C=O) groups is 2. The summed E-state index contributed by atoms with van der Waals surface area (Å²) in [5.74, 6) is 0.506. The molecule has 1 aromatic heterocycles. The normalized spacial score (nSPS) is 10.2. The molecule has 1 heterocycles. The van der Waals surface area contributed by atoms with E-state index in [0.717, 1.165) is 5.56 Å². The molecular weight excluding hydrogens is 384 g/mol. The molecule has 8 heteroatoms. The lowest BCUT2D eigenvalue weighted by Crippen LogP contribution is -2.23. The lowest BCUT2D eigenvalue weighted by atomic mass is 10.1. The van der Waals surface area contributed by atoms with E-state index in [-0.39, 0.29) is 11.8 Å². The number of carbonyl (C=O) groups excluding carboxylic acids is 2. The average molecular weight is 406 g/mol. The van der Waals surface area contributed by atoms with Crippen LogP contribution in [0.25, 0.3) is 0 Å². The molecule has 0 spiro atoms. The summed E-state index contributed by atoms with van der Waals surface area (Å²) in [7, 11) is 3.05. The first-order chi connectivity index (χ1) is 14.5. The standard InChI is InChI=1S/C22H22N4O4/c1-29-19-8-7-16(11-20(19)30-2)21(27)25-12-14-3-5-15(6-4-14)22(28)26-18-9-10-24-13-17(18)23/h3-11,13H,12,23H2,1-2H3,(H,25,27)(H,24,26,28). The average Bonchev–Trinajstić information content (AvgIpc) is 2.78. The molecule has 0 saturated heterocycles. The van der Waals surface area contributed by atoms with Crippen LogP contribution >= 0.6 is 0 Å². The third-order valence-electron chi connectivity index (χ3n) is 4.42. The van der Waals surface area contributed by atoms with E-state index in [0.29, 0.717) is 40.5 Å². The molecule has 0 fully saturated rings. The number of hydrogen-bond acceptors (Lipinski definition) is 6. The number of hydrogen-bond donors (Lipinski definition) is 3. The summed E-state index contributed by atoms with van der Waals surface area (Å²) in [6.07, 6.45) is 3.02. The lowest BCUT2D eigenvalue weighted by molar-refractivity contribution is 0.0949. The number of aromatic nitrogens is 1. The van der Waals surface area contributed by atoms with E-state index in [4.69, 9.17) is 15.2 Å². The second kappa shape index (κ2) is 9.42. The lowest BCUT2D eigenvalue weighted by Gasteiger charge is -2.10. The smallest absolute Gasteiger partial charge is 0.255 e. The molecule has 2 aromatic carbocycles. The Kier molecular flexibility index (Phi) is 6.49. The SMILES string of the molecule is COc1ccc(C(=O)NCc2ccc(C(=O)Nc3ccncc3N)cc2)cc1OC. The molecule has 0 aliphatic carbocycles. The van der Waals surface area contributed by atoms with Crippen LogP contribution in [0.2, 0.25) is 0 Å². The van der Waals surface area contributed by atoms with Gasteiger partial charge in [-0.1, -0.05) is 12.1 Å². The Balaban J connectivity index is 1.60. The summed E-state index contributed by atoms with van der Waals surface area (Å²) in [6.45, 7) is 0.312. The molecule has 30 heavy (non-hydrogen) atoms. The Morgan fingerprint density at radius 3 is 2.30 bits per heavy atom. The van der Waals surface area contributed by atoms with Gasteiger partial charge in [0, 0.05) is 23.9 Å². The first kappa shape index (κ1) is 20.7. The van der Waals surface area contributed by atoms with Crippen LogP contribution in [0, 0.1) is 0 Å². The van der Waals surface area contributed by atoms with Crippen LogP contribution in [-0.4, -0.2) is 31.0 Å². The van der Waals surface area contributed by atoms with Gasteiger partial charge in [-0.2, -0.15) is 0 Å². The fourth-order valence-corrected chi connectivity index (χ4v) is 2.75. The summed E-state index contributed by atoms with van der Waals surface area (Å²) >= 11 is 0. The Labute approximate surface area is 174 Å². The summed E-state index contributed by atoms with van der Waals surface area (Å²) in [5.41, 5.74) is 8.46. The van der Waals surface area contributed by atoms with Crippen molar-refractivity contribution in [3.05, 3.63) is 77.6 Å². The summed E-state index contributed by atoms with van der Waals surface area (Å²) in [6, 6.07) is 13.5. The highest BCUT2D eigenvalue weighted by molar-refractivity contribution is 6.05. The first-order valence-corrected chi connectivity index (χ1v) is 9.12. The van der Waals surface area contributed by atoms with Crippen molar-refractivity contribution in [3.63, 3.8) is 0 Å². The predicted molar refractivity (Wildman–Crippen MR) is 114 cm³/mol. The zero-order valence-corrected chi connectivity index (χ0v) is 16.6. The van der Waals surface area contributed by atoms with E-state index in [1.807, 2.05) is 0 Å². The van der Waals surface area contributed by atoms with Gasteiger partial charge in [-0.15, -0.1) is 0 Å². The van der Waals surface area contributed by atoms with Crippen LogP contribution in [-0.2, 0) is 6.54 Å². The van der Waals surface area contributed by atoms with Crippen LogP contribution in [0.4, 0.5) is 11.4 Å². The molecule has 0 radical (unpaired) electrons. The Morgan fingerprint density at radius 1 is 0.933 bits per heavy atom. The van der Waals surface area contributed by atoms with Crippen molar-refractivity contribution in [3.8, 4) is 11.5 Å². The maximum Gasteiger partial charge on any atom is 0.255 e. The molecule has 4 N–H and O–H groups in total. The van der Waals surface area contributed by atoms with E-state index in [9.17, 15) is 9.59 Å². The quantitative estimate of drug-likeness (QED) is 0.556. The minimum absolute atomic E-state index is 0.245. The number of nitrogen functional groups attached to an aromatic ring is 1. The minimum Gasteiger partial charge on any atom is -0.493 e. The second-order valence-corrected chi connectivity index (χ2v) is 6.37. The zero-order chi connectivity index (χ0) is 21.5. The third-order valence-corrected chi connectivity index (χ3v) is 4.42. The van der Waals surface area contributed by atoms with E-state index in [1.165, 1.54) is 20.4 Å². The monoisotopic (exact) mass is 406 g/mol. The van der Waals surface area contributed by atoms with E-state index in [1.54, 1.807) is 54.7 Å². The number of amides is 2. The molecular formula is C22H22N4O4. The molecule has 3 aromatic rings.